The maximum absolute atomic E-state index is 3.73. The van der Waals surface area contributed by atoms with Crippen LogP contribution < -0.4 is 5.32 Å². The van der Waals surface area contributed by atoms with Gasteiger partial charge in [0.2, 0.25) is 0 Å². The van der Waals surface area contributed by atoms with E-state index in [2.05, 4.69) is 42.7 Å². The summed E-state index contributed by atoms with van der Waals surface area (Å²) in [5.41, 5.74) is 0. The highest BCUT2D eigenvalue weighted by Gasteiger charge is 2.33. The lowest BCUT2D eigenvalue weighted by Gasteiger charge is -2.44. The van der Waals surface area contributed by atoms with E-state index in [4.69, 9.17) is 0 Å². The third-order valence-corrected chi connectivity index (χ3v) is 6.20. The van der Waals surface area contributed by atoms with E-state index in [1.165, 1.54) is 51.1 Å². The zero-order valence-corrected chi connectivity index (χ0v) is 13.1. The van der Waals surface area contributed by atoms with E-state index < -0.39 is 0 Å². The minimum atomic E-state index is 0.743. The van der Waals surface area contributed by atoms with Crippen molar-refractivity contribution < 1.29 is 0 Å². The van der Waals surface area contributed by atoms with Crippen LogP contribution in [0.1, 0.15) is 46.5 Å². The number of hydrogen-bond donors (Lipinski definition) is 1. The molecule has 0 amide bonds. The quantitative estimate of drug-likeness (QED) is 0.827. The van der Waals surface area contributed by atoms with Crippen LogP contribution in [0.5, 0.6) is 0 Å². The van der Waals surface area contributed by atoms with Crippen molar-refractivity contribution in [1.82, 2.24) is 10.2 Å². The first kappa shape index (κ1) is 14.7. The maximum Gasteiger partial charge on any atom is 0.0175 e. The lowest BCUT2D eigenvalue weighted by molar-refractivity contribution is 0.0853. The summed E-state index contributed by atoms with van der Waals surface area (Å²) in [5.74, 6) is 2.18. The van der Waals surface area contributed by atoms with E-state index in [1.807, 2.05) is 0 Å². The predicted molar refractivity (Wildman–Crippen MR) is 82.4 cm³/mol. The number of nitrogens with one attached hydrogen (secondary N) is 1. The van der Waals surface area contributed by atoms with Gasteiger partial charge in [0.15, 0.2) is 0 Å². The van der Waals surface area contributed by atoms with Gasteiger partial charge in [0, 0.05) is 23.9 Å². The van der Waals surface area contributed by atoms with Crippen LogP contribution in [0.15, 0.2) is 0 Å². The first-order valence-corrected chi connectivity index (χ1v) is 8.86. The normalized spacial score (nSPS) is 38.2. The van der Waals surface area contributed by atoms with Crippen LogP contribution >= 0.6 is 11.8 Å². The summed E-state index contributed by atoms with van der Waals surface area (Å²) < 4.78 is 0. The summed E-state index contributed by atoms with van der Waals surface area (Å²) in [6, 6.07) is 1.49. The van der Waals surface area contributed by atoms with E-state index in [1.54, 1.807) is 0 Å². The Balaban J connectivity index is 1.81. The highest BCUT2D eigenvalue weighted by Crippen LogP contribution is 2.30. The first-order valence-electron chi connectivity index (χ1n) is 7.81. The molecule has 3 heteroatoms. The highest BCUT2D eigenvalue weighted by atomic mass is 32.2. The van der Waals surface area contributed by atoms with Crippen LogP contribution in [0.25, 0.3) is 0 Å². The lowest BCUT2D eigenvalue weighted by atomic mass is 9.86. The zero-order valence-electron chi connectivity index (χ0n) is 12.3. The van der Waals surface area contributed by atoms with Crippen molar-refractivity contribution in [2.45, 2.75) is 63.8 Å². The summed E-state index contributed by atoms with van der Waals surface area (Å²) in [5, 5.41) is 4.65. The Morgan fingerprint density at radius 1 is 1.28 bits per heavy atom. The van der Waals surface area contributed by atoms with Gasteiger partial charge in [0.25, 0.3) is 0 Å². The Kier molecular flexibility index (Phi) is 5.84. The number of piperidine rings is 1. The van der Waals surface area contributed by atoms with Gasteiger partial charge in [0.05, 0.1) is 0 Å². The van der Waals surface area contributed by atoms with Crippen molar-refractivity contribution >= 4 is 11.8 Å². The molecular formula is C15H30N2S. The van der Waals surface area contributed by atoms with Gasteiger partial charge >= 0.3 is 0 Å². The van der Waals surface area contributed by atoms with Gasteiger partial charge in [-0.05, 0) is 57.4 Å². The molecule has 2 aliphatic heterocycles. The monoisotopic (exact) mass is 270 g/mol. The predicted octanol–water partition coefficient (Wildman–Crippen LogP) is 2.98. The molecule has 2 saturated heterocycles. The SMILES string of the molecule is CCCNC1CCN(CC2CCCS2)C(C)C1C. The van der Waals surface area contributed by atoms with Gasteiger partial charge in [-0.15, -0.1) is 0 Å². The lowest BCUT2D eigenvalue weighted by Crippen LogP contribution is -2.54. The highest BCUT2D eigenvalue weighted by molar-refractivity contribution is 8.00. The molecule has 0 aliphatic carbocycles. The Morgan fingerprint density at radius 2 is 2.11 bits per heavy atom. The minimum absolute atomic E-state index is 0.743. The van der Waals surface area contributed by atoms with Crippen molar-refractivity contribution in [3.63, 3.8) is 0 Å². The summed E-state index contributed by atoms with van der Waals surface area (Å²) in [6.45, 7) is 10.9. The third kappa shape index (κ3) is 3.64. The molecule has 2 fully saturated rings. The van der Waals surface area contributed by atoms with Gasteiger partial charge in [-0.2, -0.15) is 11.8 Å². The van der Waals surface area contributed by atoms with Crippen LogP contribution in [-0.4, -0.2) is 47.6 Å². The molecule has 0 saturated carbocycles. The maximum atomic E-state index is 3.73. The second-order valence-electron chi connectivity index (χ2n) is 6.08. The van der Waals surface area contributed by atoms with Crippen LogP contribution in [-0.2, 0) is 0 Å². The molecule has 1 N–H and O–H groups in total. The molecule has 0 bridgehead atoms. The van der Waals surface area contributed by atoms with E-state index in [9.17, 15) is 0 Å². The summed E-state index contributed by atoms with van der Waals surface area (Å²) in [6.07, 6.45) is 5.47. The van der Waals surface area contributed by atoms with Crippen LogP contribution in [0.2, 0.25) is 0 Å². The number of rotatable bonds is 5. The molecule has 0 spiro atoms. The molecule has 106 valence electrons. The van der Waals surface area contributed by atoms with Gasteiger partial charge in [-0.25, -0.2) is 0 Å². The van der Waals surface area contributed by atoms with Crippen LogP contribution in [0, 0.1) is 5.92 Å². The number of thioether (sulfide) groups is 1. The van der Waals surface area contributed by atoms with Crippen LogP contribution in [0.4, 0.5) is 0 Å². The van der Waals surface area contributed by atoms with E-state index in [0.717, 1.165) is 23.3 Å². The number of likely N-dealkylation sites (tertiary alicyclic amines) is 1. The molecule has 0 aromatic rings. The van der Waals surface area contributed by atoms with E-state index in [0.29, 0.717) is 0 Å². The Hall–Kier alpha value is 0.270. The van der Waals surface area contributed by atoms with Crippen LogP contribution in [0.3, 0.4) is 0 Å². The molecule has 0 radical (unpaired) electrons. The van der Waals surface area contributed by atoms with Crippen molar-refractivity contribution in [3.8, 4) is 0 Å². The fourth-order valence-electron chi connectivity index (χ4n) is 3.37. The van der Waals surface area contributed by atoms with Crippen molar-refractivity contribution in [2.75, 3.05) is 25.4 Å². The Morgan fingerprint density at radius 3 is 2.78 bits per heavy atom. The third-order valence-electron chi connectivity index (χ3n) is 4.82. The molecular weight excluding hydrogens is 240 g/mol. The Labute approximate surface area is 117 Å². The smallest absolute Gasteiger partial charge is 0.0175 e. The molecule has 2 nitrogen and oxygen atoms in total. The second-order valence-corrected chi connectivity index (χ2v) is 7.49. The van der Waals surface area contributed by atoms with Crippen molar-refractivity contribution in [2.24, 2.45) is 5.92 Å². The average Bonchev–Trinajstić information content (AvgIpc) is 2.87. The van der Waals surface area contributed by atoms with Crippen molar-refractivity contribution in [3.05, 3.63) is 0 Å². The number of nitrogens with zero attached hydrogens (tertiary/aromatic N) is 1. The fraction of sp³-hybridized carbons (Fsp3) is 1.00. The molecule has 2 heterocycles. The molecule has 18 heavy (non-hydrogen) atoms. The summed E-state index contributed by atoms with van der Waals surface area (Å²) in [7, 11) is 0. The number of hydrogen-bond acceptors (Lipinski definition) is 3. The molecule has 4 atom stereocenters. The zero-order chi connectivity index (χ0) is 13.0. The van der Waals surface area contributed by atoms with E-state index >= 15 is 0 Å². The van der Waals surface area contributed by atoms with E-state index in [-0.39, 0.29) is 0 Å². The first-order chi connectivity index (χ1) is 8.72. The molecule has 4 unspecified atom stereocenters. The average molecular weight is 270 g/mol. The minimum Gasteiger partial charge on any atom is -0.314 e. The summed E-state index contributed by atoms with van der Waals surface area (Å²) in [4.78, 5) is 2.75. The largest absolute Gasteiger partial charge is 0.314 e. The van der Waals surface area contributed by atoms with Gasteiger partial charge in [0.1, 0.15) is 0 Å². The molecule has 0 aromatic heterocycles. The standard InChI is InChI=1S/C15H30N2S/c1-4-8-16-15-7-9-17(13(3)12(15)2)11-14-6-5-10-18-14/h12-16H,4-11H2,1-3H3. The fourth-order valence-corrected chi connectivity index (χ4v) is 4.66. The van der Waals surface area contributed by atoms with Gasteiger partial charge in [-0.3, -0.25) is 4.90 Å². The molecule has 2 rings (SSSR count). The summed E-state index contributed by atoms with van der Waals surface area (Å²) >= 11 is 2.20. The molecule has 2 aliphatic rings. The van der Waals surface area contributed by atoms with Gasteiger partial charge in [-0.1, -0.05) is 13.8 Å². The second kappa shape index (κ2) is 7.16. The van der Waals surface area contributed by atoms with Gasteiger partial charge < -0.3 is 5.32 Å². The Bertz CT molecular complexity index is 241. The van der Waals surface area contributed by atoms with Crippen molar-refractivity contribution in [1.29, 1.82) is 0 Å². The molecule has 0 aromatic carbocycles. The topological polar surface area (TPSA) is 15.3 Å².